The molecule has 7 atom stereocenters. The third-order valence-electron chi connectivity index (χ3n) is 8.49. The van der Waals surface area contributed by atoms with Crippen LogP contribution >= 0.6 is 0 Å². The smallest absolute Gasteiger partial charge is 0.323 e. The highest BCUT2D eigenvalue weighted by Crippen LogP contribution is 2.44. The van der Waals surface area contributed by atoms with Gasteiger partial charge in [-0.05, 0) is 76.7 Å². The Bertz CT molecular complexity index is 709. The Morgan fingerprint density at radius 1 is 1.03 bits per heavy atom. The molecule has 0 radical (unpaired) electrons. The number of hydrogen-bond acceptors (Lipinski definition) is 4. The molecule has 2 saturated heterocycles. The van der Waals surface area contributed by atoms with Gasteiger partial charge in [0.05, 0.1) is 6.61 Å². The number of nitrogens with one attached hydrogen (secondary N) is 1. The van der Waals surface area contributed by atoms with Gasteiger partial charge in [0.15, 0.2) is 0 Å². The third kappa shape index (κ3) is 5.39. The first-order valence-electron chi connectivity index (χ1n) is 13.3. The lowest BCUT2D eigenvalue weighted by Gasteiger charge is -2.37. The van der Waals surface area contributed by atoms with Crippen LogP contribution in [0.4, 0.5) is 0 Å². The number of hydrogen-bond donors (Lipinski definition) is 1. The molecule has 5 rings (SSSR count). The van der Waals surface area contributed by atoms with Crippen LogP contribution in [0.15, 0.2) is 30.3 Å². The van der Waals surface area contributed by atoms with E-state index in [9.17, 15) is 4.79 Å². The van der Waals surface area contributed by atoms with Crippen LogP contribution in [0.3, 0.4) is 0 Å². The van der Waals surface area contributed by atoms with Crippen molar-refractivity contribution < 1.29 is 9.53 Å². The lowest BCUT2D eigenvalue weighted by atomic mass is 9.84. The van der Waals surface area contributed by atoms with Crippen LogP contribution in [0.25, 0.3) is 0 Å². The maximum absolute atomic E-state index is 12.5. The monoisotopic (exact) mass is 440 g/mol. The fourth-order valence-corrected chi connectivity index (χ4v) is 7.01. The summed E-state index contributed by atoms with van der Waals surface area (Å²) in [5.74, 6) is 1.66. The molecule has 2 aliphatic carbocycles. The molecular formula is C28H44N2O2. The molecule has 1 N–H and O–H groups in total. The summed E-state index contributed by atoms with van der Waals surface area (Å²) in [5.41, 5.74) is 1.29. The normalized spacial score (nSPS) is 35.2. The van der Waals surface area contributed by atoms with Crippen molar-refractivity contribution in [2.45, 2.75) is 115 Å². The Morgan fingerprint density at radius 2 is 1.72 bits per heavy atom. The van der Waals surface area contributed by atoms with Gasteiger partial charge in [0.25, 0.3) is 0 Å². The first-order valence-corrected chi connectivity index (χ1v) is 13.3. The number of likely N-dealkylation sites (tertiary alicyclic amines) is 1. The lowest BCUT2D eigenvalue weighted by Crippen LogP contribution is -2.44. The maximum atomic E-state index is 12.5. The number of nitrogens with zero attached hydrogens (tertiary/aromatic N) is 1. The summed E-state index contributed by atoms with van der Waals surface area (Å²) in [4.78, 5) is 14.9. The van der Waals surface area contributed by atoms with Crippen molar-refractivity contribution >= 4 is 5.97 Å². The highest BCUT2D eigenvalue weighted by molar-refractivity contribution is 5.76. The van der Waals surface area contributed by atoms with Crippen molar-refractivity contribution in [3.05, 3.63) is 35.9 Å². The summed E-state index contributed by atoms with van der Waals surface area (Å²) in [7, 11) is 0. The Hall–Kier alpha value is -1.39. The van der Waals surface area contributed by atoms with Gasteiger partial charge < -0.3 is 10.1 Å². The second-order valence-corrected chi connectivity index (χ2v) is 10.6. The molecule has 0 aromatic heterocycles. The highest BCUT2D eigenvalue weighted by Gasteiger charge is 2.47. The van der Waals surface area contributed by atoms with Crippen LogP contribution in [-0.2, 0) is 9.53 Å². The van der Waals surface area contributed by atoms with Crippen LogP contribution in [0.2, 0.25) is 0 Å². The minimum Gasteiger partial charge on any atom is -0.465 e. The molecule has 4 heteroatoms. The van der Waals surface area contributed by atoms with Gasteiger partial charge in [0.1, 0.15) is 6.04 Å². The minimum atomic E-state index is -0.0664. The Kier molecular flexibility index (Phi) is 8.28. The van der Waals surface area contributed by atoms with Crippen LogP contribution in [0.1, 0.15) is 96.6 Å². The number of fused-ring (bicyclic) bond motifs is 2. The third-order valence-corrected chi connectivity index (χ3v) is 8.49. The molecule has 0 amide bonds. The van der Waals surface area contributed by atoms with Gasteiger partial charge in [-0.25, -0.2) is 0 Å². The minimum absolute atomic E-state index is 0.0281. The number of benzene rings is 1. The number of ether oxygens (including phenoxy) is 1. The first kappa shape index (κ1) is 23.8. The Balaban J connectivity index is 0.000000203. The topological polar surface area (TPSA) is 41.6 Å². The van der Waals surface area contributed by atoms with E-state index in [4.69, 9.17) is 4.74 Å². The molecule has 178 valence electrons. The van der Waals surface area contributed by atoms with Gasteiger partial charge in [-0.3, -0.25) is 9.69 Å². The molecule has 2 aliphatic heterocycles. The number of carbonyl (C=O) groups is 1. The number of rotatable bonds is 4. The van der Waals surface area contributed by atoms with Crippen LogP contribution in [0, 0.1) is 11.8 Å². The van der Waals surface area contributed by atoms with Crippen molar-refractivity contribution in [1.82, 2.24) is 10.2 Å². The van der Waals surface area contributed by atoms with Crippen molar-refractivity contribution in [3.8, 4) is 0 Å². The van der Waals surface area contributed by atoms with Gasteiger partial charge in [-0.1, -0.05) is 56.0 Å². The zero-order chi connectivity index (χ0) is 22.5. The Morgan fingerprint density at radius 3 is 2.44 bits per heavy atom. The molecule has 32 heavy (non-hydrogen) atoms. The van der Waals surface area contributed by atoms with E-state index in [1.807, 2.05) is 13.0 Å². The van der Waals surface area contributed by atoms with E-state index in [0.29, 0.717) is 18.6 Å². The van der Waals surface area contributed by atoms with Gasteiger partial charge in [-0.15, -0.1) is 0 Å². The molecule has 4 nitrogen and oxygen atoms in total. The van der Waals surface area contributed by atoms with Crippen LogP contribution in [0.5, 0.6) is 0 Å². The van der Waals surface area contributed by atoms with Crippen molar-refractivity contribution in [2.24, 2.45) is 11.8 Å². The van der Waals surface area contributed by atoms with Crippen LogP contribution < -0.4 is 5.32 Å². The standard InChI is InChI=1S/C19H27NO2.C9H17N/c1-3-22-19(21)18-13-16-11-7-8-12-17(16)20(18)14(2)15-9-5-4-6-10-15;1-7-6-8-4-2-3-5-9(8)10-7/h4-6,9-10,14,16-18H,3,7-8,11-13H2,1-2H3;7-10H,2-6H2,1H3/t14-,16+,17-,18-;7-,8-,9+/m01/s1. The van der Waals surface area contributed by atoms with Gasteiger partial charge in [0.2, 0.25) is 0 Å². The van der Waals surface area contributed by atoms with E-state index in [1.54, 1.807) is 0 Å². The molecule has 4 fully saturated rings. The second kappa shape index (κ2) is 11.2. The van der Waals surface area contributed by atoms with Gasteiger partial charge >= 0.3 is 5.97 Å². The summed E-state index contributed by atoms with van der Waals surface area (Å²) < 4.78 is 5.37. The zero-order valence-corrected chi connectivity index (χ0v) is 20.5. The Labute approximate surface area is 195 Å². The van der Waals surface area contributed by atoms with Gasteiger partial charge in [0, 0.05) is 24.2 Å². The fourth-order valence-electron chi connectivity index (χ4n) is 7.01. The summed E-state index contributed by atoms with van der Waals surface area (Å²) >= 11 is 0. The maximum Gasteiger partial charge on any atom is 0.323 e. The molecule has 1 aromatic carbocycles. The SMILES string of the molecule is CCOC(=O)[C@@H]1C[C@H]2CCCC[C@@H]2N1[C@@H](C)c1ccccc1.C[C@@H]1C[C@H]2CCCC[C@@H]2N1. The summed E-state index contributed by atoms with van der Waals surface area (Å²) in [6.45, 7) is 6.92. The lowest BCUT2D eigenvalue weighted by molar-refractivity contribution is -0.149. The average Bonchev–Trinajstić information content (AvgIpc) is 3.39. The molecule has 0 spiro atoms. The second-order valence-electron chi connectivity index (χ2n) is 10.6. The predicted molar refractivity (Wildman–Crippen MR) is 130 cm³/mol. The average molecular weight is 441 g/mol. The van der Waals surface area contributed by atoms with Crippen molar-refractivity contribution in [2.75, 3.05) is 6.61 Å². The summed E-state index contributed by atoms with van der Waals surface area (Å²) in [6, 6.07) is 13.0. The van der Waals surface area contributed by atoms with Crippen molar-refractivity contribution in [3.63, 3.8) is 0 Å². The predicted octanol–water partition coefficient (Wildman–Crippen LogP) is 5.87. The largest absolute Gasteiger partial charge is 0.465 e. The summed E-state index contributed by atoms with van der Waals surface area (Å²) in [5, 5.41) is 3.66. The molecular weight excluding hydrogens is 396 g/mol. The molecule has 0 unspecified atom stereocenters. The highest BCUT2D eigenvalue weighted by atomic mass is 16.5. The number of esters is 1. The van der Waals surface area contributed by atoms with Crippen molar-refractivity contribution in [1.29, 1.82) is 0 Å². The fraction of sp³-hybridized carbons (Fsp3) is 0.750. The zero-order valence-electron chi connectivity index (χ0n) is 20.5. The molecule has 2 saturated carbocycles. The van der Waals surface area contributed by atoms with E-state index in [1.165, 1.54) is 63.4 Å². The summed E-state index contributed by atoms with van der Waals surface area (Å²) in [6.07, 6.45) is 13.4. The first-order chi connectivity index (χ1) is 15.6. The van der Waals surface area contributed by atoms with Crippen LogP contribution in [-0.4, -0.2) is 41.6 Å². The molecule has 0 bridgehead atoms. The van der Waals surface area contributed by atoms with E-state index in [0.717, 1.165) is 24.4 Å². The van der Waals surface area contributed by atoms with E-state index >= 15 is 0 Å². The van der Waals surface area contributed by atoms with E-state index in [2.05, 4.69) is 48.3 Å². The van der Waals surface area contributed by atoms with Gasteiger partial charge in [-0.2, -0.15) is 0 Å². The molecule has 4 aliphatic rings. The van der Waals surface area contributed by atoms with E-state index < -0.39 is 0 Å². The molecule has 2 heterocycles. The quantitative estimate of drug-likeness (QED) is 0.595. The number of carbonyl (C=O) groups excluding carboxylic acids is 1. The molecule has 1 aromatic rings. The van der Waals surface area contributed by atoms with E-state index in [-0.39, 0.29) is 18.1 Å².